The first-order valence-electron chi connectivity index (χ1n) is 9.83. The van der Waals surface area contributed by atoms with E-state index < -0.39 is 5.63 Å². The second-order valence-electron chi connectivity index (χ2n) is 7.52. The van der Waals surface area contributed by atoms with E-state index in [1.165, 1.54) is 0 Å². The second-order valence-corrected chi connectivity index (χ2v) is 7.52. The minimum Gasteiger partial charge on any atom is -0.489 e. The predicted molar refractivity (Wildman–Crippen MR) is 111 cm³/mol. The van der Waals surface area contributed by atoms with Gasteiger partial charge in [0.15, 0.2) is 0 Å². The minimum atomic E-state index is -0.487. The predicted octanol–water partition coefficient (Wildman–Crippen LogP) is 1.74. The molecule has 0 bridgehead atoms. The third-order valence-corrected chi connectivity index (χ3v) is 5.21. The molecule has 3 rings (SSSR count). The summed E-state index contributed by atoms with van der Waals surface area (Å²) in [6.45, 7) is 11.3. The van der Waals surface area contributed by atoms with Gasteiger partial charge in [-0.3, -0.25) is 9.69 Å². The summed E-state index contributed by atoms with van der Waals surface area (Å²) in [6.07, 6.45) is 0.0258. The number of carbonyl (C=O) groups excluding carboxylic acids is 1. The second kappa shape index (κ2) is 9.24. The molecular weight excluding hydrogens is 372 g/mol. The Hall–Kier alpha value is -2.64. The fourth-order valence-electron chi connectivity index (χ4n) is 3.50. The van der Waals surface area contributed by atoms with Gasteiger partial charge in [0.05, 0.1) is 18.6 Å². The number of nitrogens with zero attached hydrogens (tertiary/aromatic N) is 2. The van der Waals surface area contributed by atoms with Crippen molar-refractivity contribution in [2.24, 2.45) is 0 Å². The zero-order chi connectivity index (χ0) is 21.0. The molecule has 156 valence electrons. The van der Waals surface area contributed by atoms with Crippen molar-refractivity contribution in [1.29, 1.82) is 0 Å². The smallest absolute Gasteiger partial charge is 0.340 e. The van der Waals surface area contributed by atoms with Crippen LogP contribution in [-0.4, -0.2) is 66.8 Å². The lowest BCUT2D eigenvalue weighted by Crippen LogP contribution is -2.49. The lowest BCUT2D eigenvalue weighted by Gasteiger charge is -2.34. The van der Waals surface area contributed by atoms with Gasteiger partial charge in [-0.1, -0.05) is 6.58 Å². The van der Waals surface area contributed by atoms with Crippen molar-refractivity contribution in [2.75, 3.05) is 45.9 Å². The van der Waals surface area contributed by atoms with E-state index in [4.69, 9.17) is 14.3 Å². The Morgan fingerprint density at radius 2 is 2.00 bits per heavy atom. The van der Waals surface area contributed by atoms with E-state index in [2.05, 4.69) is 11.5 Å². The van der Waals surface area contributed by atoms with E-state index in [-0.39, 0.29) is 18.9 Å². The van der Waals surface area contributed by atoms with Crippen molar-refractivity contribution < 1.29 is 19.1 Å². The molecule has 0 unspecified atom stereocenters. The van der Waals surface area contributed by atoms with E-state index in [0.29, 0.717) is 43.1 Å². The monoisotopic (exact) mass is 400 g/mol. The maximum absolute atomic E-state index is 12.7. The summed E-state index contributed by atoms with van der Waals surface area (Å²) in [5, 5.41) is 9.82. The van der Waals surface area contributed by atoms with E-state index in [0.717, 1.165) is 29.6 Å². The van der Waals surface area contributed by atoms with Crippen LogP contribution >= 0.6 is 0 Å². The Labute approximate surface area is 170 Å². The van der Waals surface area contributed by atoms with Crippen LogP contribution in [-0.2, 0) is 11.2 Å². The maximum atomic E-state index is 12.7. The van der Waals surface area contributed by atoms with Gasteiger partial charge in [0.1, 0.15) is 17.9 Å². The van der Waals surface area contributed by atoms with Crippen LogP contribution in [0.3, 0.4) is 0 Å². The van der Waals surface area contributed by atoms with Crippen LogP contribution < -0.4 is 10.4 Å². The average Bonchev–Trinajstić information content (AvgIpc) is 2.70. The number of carbonyl (C=O) groups is 1. The lowest BCUT2D eigenvalue weighted by molar-refractivity contribution is -0.132. The number of aliphatic hydroxyl groups is 1. The van der Waals surface area contributed by atoms with Crippen molar-refractivity contribution in [1.82, 2.24) is 9.80 Å². The molecule has 0 aliphatic carbocycles. The SMILES string of the molecule is C=C(C)COc1ccc2c(C)c(CC(=O)N3CCN(CCO)CC3)c(=O)oc2c1. The normalized spacial score (nSPS) is 14.9. The van der Waals surface area contributed by atoms with Gasteiger partial charge in [-0.15, -0.1) is 0 Å². The maximum Gasteiger partial charge on any atom is 0.340 e. The van der Waals surface area contributed by atoms with Gasteiger partial charge in [0.25, 0.3) is 0 Å². The number of hydrogen-bond acceptors (Lipinski definition) is 6. The number of piperazine rings is 1. The first-order chi connectivity index (χ1) is 13.9. The fraction of sp³-hybridized carbons (Fsp3) is 0.455. The Morgan fingerprint density at radius 1 is 1.28 bits per heavy atom. The summed E-state index contributed by atoms with van der Waals surface area (Å²) in [5.74, 6) is 0.525. The van der Waals surface area contributed by atoms with Crippen LogP contribution in [0.5, 0.6) is 5.75 Å². The van der Waals surface area contributed by atoms with E-state index in [1.54, 1.807) is 11.0 Å². The molecule has 29 heavy (non-hydrogen) atoms. The van der Waals surface area contributed by atoms with Crippen LogP contribution in [0.25, 0.3) is 11.0 Å². The lowest BCUT2D eigenvalue weighted by atomic mass is 10.0. The average molecular weight is 400 g/mol. The van der Waals surface area contributed by atoms with Gasteiger partial charge < -0.3 is 19.2 Å². The molecule has 1 saturated heterocycles. The van der Waals surface area contributed by atoms with Crippen LogP contribution in [0.2, 0.25) is 0 Å². The van der Waals surface area contributed by atoms with Crippen molar-refractivity contribution in [3.63, 3.8) is 0 Å². The molecule has 0 radical (unpaired) electrons. The quantitative estimate of drug-likeness (QED) is 0.563. The number of benzene rings is 1. The first kappa shape index (κ1) is 21.1. The molecule has 1 aliphatic heterocycles. The highest BCUT2D eigenvalue weighted by Gasteiger charge is 2.23. The van der Waals surface area contributed by atoms with Crippen LogP contribution in [0, 0.1) is 6.92 Å². The minimum absolute atomic E-state index is 0.0258. The molecule has 1 aromatic heterocycles. The highest BCUT2D eigenvalue weighted by Crippen LogP contribution is 2.25. The number of hydrogen-bond donors (Lipinski definition) is 1. The van der Waals surface area contributed by atoms with Crippen molar-refractivity contribution in [2.45, 2.75) is 20.3 Å². The van der Waals surface area contributed by atoms with Gasteiger partial charge in [0.2, 0.25) is 5.91 Å². The number of ether oxygens (including phenoxy) is 1. The zero-order valence-corrected chi connectivity index (χ0v) is 17.1. The van der Waals surface area contributed by atoms with Crippen molar-refractivity contribution in [3.05, 3.63) is 51.9 Å². The molecule has 0 atom stereocenters. The Balaban J connectivity index is 1.76. The topological polar surface area (TPSA) is 83.2 Å². The van der Waals surface area contributed by atoms with Gasteiger partial charge >= 0.3 is 5.63 Å². The van der Waals surface area contributed by atoms with Gasteiger partial charge in [-0.2, -0.15) is 0 Å². The largest absolute Gasteiger partial charge is 0.489 e. The number of aryl methyl sites for hydroxylation is 1. The number of aliphatic hydroxyl groups excluding tert-OH is 1. The number of β-amino-alcohol motifs (C(OH)–C–C–N with tert-alkyl or cyclic N) is 1. The van der Waals surface area contributed by atoms with Crippen molar-refractivity contribution >= 4 is 16.9 Å². The summed E-state index contributed by atoms with van der Waals surface area (Å²) < 4.78 is 11.1. The van der Waals surface area contributed by atoms with Gasteiger partial charge in [-0.25, -0.2) is 4.79 Å². The molecule has 1 N–H and O–H groups in total. The van der Waals surface area contributed by atoms with E-state index in [9.17, 15) is 9.59 Å². The summed E-state index contributed by atoms with van der Waals surface area (Å²) in [6, 6.07) is 5.37. The number of fused-ring (bicyclic) bond motifs is 1. The highest BCUT2D eigenvalue weighted by atomic mass is 16.5. The molecule has 0 saturated carbocycles. The van der Waals surface area contributed by atoms with Crippen LogP contribution in [0.4, 0.5) is 0 Å². The fourth-order valence-corrected chi connectivity index (χ4v) is 3.50. The van der Waals surface area contributed by atoms with Gasteiger partial charge in [0, 0.05) is 44.2 Å². The standard InChI is InChI=1S/C22H28N2O5/c1-15(2)14-28-17-4-5-18-16(3)19(22(27)29-20(18)12-17)13-21(26)24-8-6-23(7-9-24)10-11-25/h4-5,12,25H,1,6-11,13-14H2,2-3H3. The molecular formula is C22H28N2O5. The third kappa shape index (κ3) is 5.05. The zero-order valence-electron chi connectivity index (χ0n) is 17.1. The molecule has 7 nitrogen and oxygen atoms in total. The van der Waals surface area contributed by atoms with Crippen LogP contribution in [0.15, 0.2) is 39.6 Å². The first-order valence-corrected chi connectivity index (χ1v) is 9.83. The Kier molecular flexibility index (Phi) is 6.71. The number of rotatable bonds is 7. The molecule has 2 heterocycles. The van der Waals surface area contributed by atoms with Crippen LogP contribution in [0.1, 0.15) is 18.1 Å². The molecule has 1 amide bonds. The molecule has 0 spiro atoms. The molecule has 2 aromatic rings. The summed E-state index contributed by atoms with van der Waals surface area (Å²) in [4.78, 5) is 29.2. The molecule has 1 fully saturated rings. The third-order valence-electron chi connectivity index (χ3n) is 5.21. The number of amides is 1. The summed E-state index contributed by atoms with van der Waals surface area (Å²) in [7, 11) is 0. The van der Waals surface area contributed by atoms with Gasteiger partial charge in [-0.05, 0) is 37.1 Å². The summed E-state index contributed by atoms with van der Waals surface area (Å²) in [5.41, 5.74) is 2.01. The Morgan fingerprint density at radius 3 is 2.66 bits per heavy atom. The Bertz CT molecular complexity index is 958. The van der Waals surface area contributed by atoms with E-state index >= 15 is 0 Å². The van der Waals surface area contributed by atoms with Crippen molar-refractivity contribution in [3.8, 4) is 5.75 Å². The van der Waals surface area contributed by atoms with E-state index in [1.807, 2.05) is 26.0 Å². The molecule has 1 aromatic carbocycles. The molecule has 7 heteroatoms. The molecule has 1 aliphatic rings. The highest BCUT2D eigenvalue weighted by molar-refractivity contribution is 5.85. The summed E-state index contributed by atoms with van der Waals surface area (Å²) >= 11 is 0.